The quantitative estimate of drug-likeness (QED) is 0.388. The van der Waals surface area contributed by atoms with Crippen molar-refractivity contribution < 1.29 is 13.9 Å². The van der Waals surface area contributed by atoms with Crippen LogP contribution in [0.25, 0.3) is 0 Å². The second kappa shape index (κ2) is 11.6. The second-order valence-electron chi connectivity index (χ2n) is 7.40. The number of rotatable bonds is 10. The molecule has 31 heavy (non-hydrogen) atoms. The molecule has 1 aliphatic carbocycles. The fourth-order valence-corrected chi connectivity index (χ4v) is 3.61. The molecule has 1 fully saturated rings. The second-order valence-corrected chi connectivity index (χ2v) is 8.27. The van der Waals surface area contributed by atoms with Crippen molar-refractivity contribution in [1.29, 1.82) is 0 Å². The molecule has 8 heteroatoms. The molecule has 2 aromatic carbocycles. The van der Waals surface area contributed by atoms with E-state index in [0.717, 1.165) is 35.3 Å². The smallest absolute Gasteiger partial charge is 0.258 e. The van der Waals surface area contributed by atoms with E-state index in [1.807, 2.05) is 30.5 Å². The monoisotopic (exact) mass is 444 g/mol. The topological polar surface area (TPSA) is 74.8 Å². The first-order valence-electron chi connectivity index (χ1n) is 10.3. The van der Waals surface area contributed by atoms with Crippen molar-refractivity contribution in [3.63, 3.8) is 0 Å². The molecule has 0 radical (unpaired) electrons. The average Bonchev–Trinajstić information content (AvgIpc) is 3.58. The van der Waals surface area contributed by atoms with Gasteiger partial charge < -0.3 is 20.7 Å². The van der Waals surface area contributed by atoms with Gasteiger partial charge in [0.1, 0.15) is 11.6 Å². The Bertz CT molecular complexity index is 918. The van der Waals surface area contributed by atoms with Gasteiger partial charge in [0.15, 0.2) is 12.6 Å². The number of carbonyl (C=O) groups is 1. The molecule has 0 spiro atoms. The summed E-state index contributed by atoms with van der Waals surface area (Å²) in [6.45, 7) is 1.12. The maximum Gasteiger partial charge on any atom is 0.258 e. The zero-order chi connectivity index (χ0) is 22.1. The Labute approximate surface area is 187 Å². The highest BCUT2D eigenvalue weighted by molar-refractivity contribution is 7.97. The number of hydrogen-bond donors (Lipinski definition) is 3. The molecule has 0 aliphatic heterocycles. The molecule has 0 atom stereocenters. The molecule has 2 aromatic rings. The van der Waals surface area contributed by atoms with Crippen LogP contribution in [0.3, 0.4) is 0 Å². The highest BCUT2D eigenvalue weighted by Crippen LogP contribution is 2.19. The van der Waals surface area contributed by atoms with E-state index in [0.29, 0.717) is 30.8 Å². The van der Waals surface area contributed by atoms with Crippen molar-refractivity contribution >= 4 is 23.6 Å². The van der Waals surface area contributed by atoms with Crippen molar-refractivity contribution in [2.24, 2.45) is 4.99 Å². The van der Waals surface area contributed by atoms with Crippen molar-refractivity contribution in [3.8, 4) is 5.75 Å². The van der Waals surface area contributed by atoms with Gasteiger partial charge in [-0.05, 0) is 60.1 Å². The molecule has 0 heterocycles. The largest absolute Gasteiger partial charge is 0.484 e. The molecule has 1 saturated carbocycles. The summed E-state index contributed by atoms with van der Waals surface area (Å²) in [4.78, 5) is 16.0. The number of nitrogens with zero attached hydrogens (tertiary/aromatic N) is 1. The van der Waals surface area contributed by atoms with Crippen LogP contribution in [0.4, 0.5) is 4.39 Å². The predicted octanol–water partition coefficient (Wildman–Crippen LogP) is 3.21. The van der Waals surface area contributed by atoms with E-state index in [-0.39, 0.29) is 18.3 Å². The van der Waals surface area contributed by atoms with Crippen molar-refractivity contribution in [2.75, 3.05) is 19.9 Å². The van der Waals surface area contributed by atoms with E-state index in [1.54, 1.807) is 30.9 Å². The summed E-state index contributed by atoms with van der Waals surface area (Å²) in [5, 5.41) is 9.45. The van der Waals surface area contributed by atoms with Gasteiger partial charge in [-0.25, -0.2) is 4.39 Å². The molecular weight excluding hydrogens is 415 g/mol. The minimum Gasteiger partial charge on any atom is -0.484 e. The molecular formula is C23H29FN4O2S. The summed E-state index contributed by atoms with van der Waals surface area (Å²) >= 11 is 1.66. The predicted molar refractivity (Wildman–Crippen MR) is 124 cm³/mol. The van der Waals surface area contributed by atoms with Gasteiger partial charge in [-0.3, -0.25) is 9.79 Å². The molecule has 0 unspecified atom stereocenters. The zero-order valence-corrected chi connectivity index (χ0v) is 18.7. The van der Waals surface area contributed by atoms with Gasteiger partial charge in [-0.2, -0.15) is 11.8 Å². The number of ether oxygens (including phenoxy) is 1. The minimum absolute atomic E-state index is 0.0205. The molecule has 166 valence electrons. The van der Waals surface area contributed by atoms with Gasteiger partial charge in [-0.1, -0.05) is 18.2 Å². The summed E-state index contributed by atoms with van der Waals surface area (Å²) in [6, 6.07) is 12.8. The number of nitrogens with one attached hydrogen (secondary N) is 3. The normalized spacial score (nSPS) is 13.6. The fourth-order valence-electron chi connectivity index (χ4n) is 3.03. The standard InChI is InChI=1S/C23H29FN4O2S/c1-25-23(27-13-17-6-7-19(24)11-18(17)15-31-2)26-12-16-4-3-5-21(10-16)30-14-22(29)28-20-8-9-20/h3-7,10-11,20H,8-9,12-15H2,1-2H3,(H,28,29)(H2,25,26,27). The number of guanidine groups is 1. The number of halogens is 1. The van der Waals surface area contributed by atoms with Crippen molar-refractivity contribution in [1.82, 2.24) is 16.0 Å². The lowest BCUT2D eigenvalue weighted by Gasteiger charge is -2.15. The van der Waals surface area contributed by atoms with Gasteiger partial charge in [-0.15, -0.1) is 0 Å². The number of thioether (sulfide) groups is 1. The van der Waals surface area contributed by atoms with E-state index < -0.39 is 0 Å². The Morgan fingerprint density at radius 2 is 1.97 bits per heavy atom. The molecule has 0 aromatic heterocycles. The van der Waals surface area contributed by atoms with Crippen LogP contribution in [0.2, 0.25) is 0 Å². The third-order valence-electron chi connectivity index (χ3n) is 4.81. The van der Waals surface area contributed by atoms with Gasteiger partial charge in [0.2, 0.25) is 0 Å². The van der Waals surface area contributed by atoms with Crippen LogP contribution in [0.1, 0.15) is 29.5 Å². The Kier molecular flexibility index (Phi) is 8.58. The number of hydrogen-bond acceptors (Lipinski definition) is 4. The zero-order valence-electron chi connectivity index (χ0n) is 17.9. The molecule has 3 rings (SSSR count). The summed E-state index contributed by atoms with van der Waals surface area (Å²) in [6.07, 6.45) is 4.12. The molecule has 0 saturated heterocycles. The molecule has 3 N–H and O–H groups in total. The summed E-state index contributed by atoms with van der Waals surface area (Å²) < 4.78 is 19.1. The van der Waals surface area contributed by atoms with Crippen LogP contribution >= 0.6 is 11.8 Å². The fraction of sp³-hybridized carbons (Fsp3) is 0.391. The van der Waals surface area contributed by atoms with Gasteiger partial charge in [0.25, 0.3) is 5.91 Å². The Morgan fingerprint density at radius 1 is 1.16 bits per heavy atom. The van der Waals surface area contributed by atoms with Crippen LogP contribution in [-0.2, 0) is 23.6 Å². The minimum atomic E-state index is -0.220. The number of benzene rings is 2. The van der Waals surface area contributed by atoms with Crippen LogP contribution in [0.5, 0.6) is 5.75 Å². The summed E-state index contributed by atoms with van der Waals surface area (Å²) in [5.74, 6) is 1.75. The SMILES string of the molecule is CN=C(NCc1cccc(OCC(=O)NC2CC2)c1)NCc1ccc(F)cc1CSC. The van der Waals surface area contributed by atoms with Crippen molar-refractivity contribution in [2.45, 2.75) is 37.7 Å². The van der Waals surface area contributed by atoms with Crippen LogP contribution in [-0.4, -0.2) is 37.8 Å². The van der Waals surface area contributed by atoms with Gasteiger partial charge >= 0.3 is 0 Å². The maximum absolute atomic E-state index is 13.5. The first kappa shape index (κ1) is 22.9. The Balaban J connectivity index is 1.48. The number of amides is 1. The van der Waals surface area contributed by atoms with Crippen LogP contribution < -0.4 is 20.7 Å². The van der Waals surface area contributed by atoms with E-state index >= 15 is 0 Å². The first-order chi connectivity index (χ1) is 15.1. The van der Waals surface area contributed by atoms with Crippen LogP contribution in [0, 0.1) is 5.82 Å². The molecule has 1 aliphatic rings. The first-order valence-corrected chi connectivity index (χ1v) is 11.7. The molecule has 0 bridgehead atoms. The molecule has 6 nitrogen and oxygen atoms in total. The van der Waals surface area contributed by atoms with E-state index in [4.69, 9.17) is 4.74 Å². The van der Waals surface area contributed by atoms with Gasteiger partial charge in [0.05, 0.1) is 0 Å². The van der Waals surface area contributed by atoms with E-state index in [9.17, 15) is 9.18 Å². The van der Waals surface area contributed by atoms with Gasteiger partial charge in [0, 0.05) is 31.9 Å². The number of carbonyl (C=O) groups excluding carboxylic acids is 1. The summed E-state index contributed by atoms with van der Waals surface area (Å²) in [7, 11) is 1.71. The van der Waals surface area contributed by atoms with E-state index in [2.05, 4.69) is 20.9 Å². The Morgan fingerprint density at radius 3 is 2.71 bits per heavy atom. The third-order valence-corrected chi connectivity index (χ3v) is 5.41. The number of aliphatic imine (C=N–C) groups is 1. The lowest BCUT2D eigenvalue weighted by Crippen LogP contribution is -2.36. The van der Waals surface area contributed by atoms with Crippen LogP contribution in [0.15, 0.2) is 47.5 Å². The highest BCUT2D eigenvalue weighted by atomic mass is 32.2. The average molecular weight is 445 g/mol. The van der Waals surface area contributed by atoms with E-state index in [1.165, 1.54) is 6.07 Å². The lowest BCUT2D eigenvalue weighted by molar-refractivity contribution is -0.123. The maximum atomic E-state index is 13.5. The third kappa shape index (κ3) is 7.79. The lowest BCUT2D eigenvalue weighted by atomic mass is 10.1. The highest BCUT2D eigenvalue weighted by Gasteiger charge is 2.23. The summed E-state index contributed by atoms with van der Waals surface area (Å²) in [5.41, 5.74) is 3.03. The molecule has 1 amide bonds. The Hall–Kier alpha value is -2.74. The van der Waals surface area contributed by atoms with Crippen molar-refractivity contribution in [3.05, 3.63) is 65.0 Å².